The third-order valence-electron chi connectivity index (χ3n) is 3.12. The molecule has 0 amide bonds. The van der Waals surface area contributed by atoms with Crippen molar-refractivity contribution in [2.75, 3.05) is 18.0 Å². The molecule has 0 spiro atoms. The summed E-state index contributed by atoms with van der Waals surface area (Å²) in [7, 11) is 0. The summed E-state index contributed by atoms with van der Waals surface area (Å²) in [5.74, 6) is -0.406. The van der Waals surface area contributed by atoms with E-state index in [1.165, 1.54) is 6.07 Å². The van der Waals surface area contributed by atoms with Crippen molar-refractivity contribution < 1.29 is 13.2 Å². The molecule has 0 bridgehead atoms. The van der Waals surface area contributed by atoms with Crippen LogP contribution in [0.1, 0.15) is 25.6 Å². The van der Waals surface area contributed by atoms with Crippen molar-refractivity contribution >= 4 is 17.4 Å². The summed E-state index contributed by atoms with van der Waals surface area (Å²) in [6.45, 7) is 3.51. The summed E-state index contributed by atoms with van der Waals surface area (Å²) in [5, 5.41) is -0.174. The molecule has 1 unspecified atom stereocenters. The minimum absolute atomic E-state index is 0.174. The van der Waals surface area contributed by atoms with Crippen LogP contribution in [-0.4, -0.2) is 23.1 Å². The quantitative estimate of drug-likeness (QED) is 0.777. The summed E-state index contributed by atoms with van der Waals surface area (Å²) in [5.41, 5.74) is 0. The lowest BCUT2D eigenvalue weighted by Gasteiger charge is -2.18. The number of hydrogen-bond donors (Lipinski definition) is 0. The summed E-state index contributed by atoms with van der Waals surface area (Å²) in [4.78, 5) is 8.61. The van der Waals surface area contributed by atoms with Crippen LogP contribution < -0.4 is 4.90 Å². The SMILES string of the molecule is CCC1CCN(c2cc(Cl)nc(C(F)(F)F)n2)C1. The van der Waals surface area contributed by atoms with Crippen molar-refractivity contribution in [1.29, 1.82) is 0 Å². The van der Waals surface area contributed by atoms with Gasteiger partial charge >= 0.3 is 6.18 Å². The van der Waals surface area contributed by atoms with Gasteiger partial charge in [-0.3, -0.25) is 0 Å². The van der Waals surface area contributed by atoms with Crippen LogP contribution in [0.5, 0.6) is 0 Å². The number of hydrogen-bond acceptors (Lipinski definition) is 3. The fourth-order valence-corrected chi connectivity index (χ4v) is 2.25. The molecule has 18 heavy (non-hydrogen) atoms. The second kappa shape index (κ2) is 4.91. The molecule has 1 aromatic rings. The Morgan fingerprint density at radius 1 is 1.44 bits per heavy atom. The van der Waals surface area contributed by atoms with Gasteiger partial charge in [-0.25, -0.2) is 9.97 Å². The normalized spacial score (nSPS) is 20.5. The minimum Gasteiger partial charge on any atom is -0.356 e. The Labute approximate surface area is 108 Å². The van der Waals surface area contributed by atoms with Crippen molar-refractivity contribution in [2.45, 2.75) is 25.9 Å². The van der Waals surface area contributed by atoms with E-state index in [-0.39, 0.29) is 11.0 Å². The first-order valence-electron chi connectivity index (χ1n) is 5.77. The molecule has 7 heteroatoms. The van der Waals surface area contributed by atoms with E-state index in [2.05, 4.69) is 16.9 Å². The second-order valence-corrected chi connectivity index (χ2v) is 4.77. The highest BCUT2D eigenvalue weighted by Crippen LogP contribution is 2.31. The zero-order chi connectivity index (χ0) is 13.3. The van der Waals surface area contributed by atoms with E-state index in [9.17, 15) is 13.2 Å². The Kier molecular flexibility index (Phi) is 3.66. The molecule has 1 aliphatic heterocycles. The fraction of sp³-hybridized carbons (Fsp3) is 0.636. The minimum atomic E-state index is -4.57. The Morgan fingerprint density at radius 3 is 2.72 bits per heavy atom. The maximum Gasteiger partial charge on any atom is 0.451 e. The molecular weight excluding hydrogens is 267 g/mol. The standard InChI is InChI=1S/C11H13ClF3N3/c1-2-7-3-4-18(6-7)9-5-8(12)16-10(17-9)11(13,14)15/h5,7H,2-4,6H2,1H3. The van der Waals surface area contributed by atoms with E-state index >= 15 is 0 Å². The van der Waals surface area contributed by atoms with Gasteiger partial charge in [0.15, 0.2) is 0 Å². The highest BCUT2D eigenvalue weighted by Gasteiger charge is 2.36. The highest BCUT2D eigenvalue weighted by molar-refractivity contribution is 6.29. The topological polar surface area (TPSA) is 29.0 Å². The molecule has 0 saturated carbocycles. The number of alkyl halides is 3. The molecule has 0 aromatic carbocycles. The van der Waals surface area contributed by atoms with Crippen molar-refractivity contribution in [3.63, 3.8) is 0 Å². The van der Waals surface area contributed by atoms with Gasteiger partial charge in [-0.05, 0) is 12.3 Å². The lowest BCUT2D eigenvalue weighted by Crippen LogP contribution is -2.23. The average molecular weight is 280 g/mol. The van der Waals surface area contributed by atoms with Crippen LogP contribution in [0.2, 0.25) is 5.15 Å². The number of rotatable bonds is 2. The van der Waals surface area contributed by atoms with Crippen LogP contribution in [0.3, 0.4) is 0 Å². The van der Waals surface area contributed by atoms with Crippen molar-refractivity contribution in [3.05, 3.63) is 17.0 Å². The van der Waals surface area contributed by atoms with Crippen LogP contribution in [0.15, 0.2) is 6.07 Å². The maximum absolute atomic E-state index is 12.6. The lowest BCUT2D eigenvalue weighted by atomic mass is 10.1. The van der Waals surface area contributed by atoms with Gasteiger partial charge < -0.3 is 4.90 Å². The Morgan fingerprint density at radius 2 is 2.17 bits per heavy atom. The largest absolute Gasteiger partial charge is 0.451 e. The van der Waals surface area contributed by atoms with E-state index in [1.54, 1.807) is 0 Å². The first-order chi connectivity index (χ1) is 8.40. The van der Waals surface area contributed by atoms with Crippen LogP contribution in [-0.2, 0) is 6.18 Å². The van der Waals surface area contributed by atoms with Crippen LogP contribution in [0.4, 0.5) is 19.0 Å². The third-order valence-corrected chi connectivity index (χ3v) is 3.32. The summed E-state index contributed by atoms with van der Waals surface area (Å²) >= 11 is 5.63. The Balaban J connectivity index is 2.26. The molecule has 0 radical (unpaired) electrons. The summed E-state index contributed by atoms with van der Waals surface area (Å²) in [6, 6.07) is 1.38. The zero-order valence-corrected chi connectivity index (χ0v) is 10.6. The van der Waals surface area contributed by atoms with Gasteiger partial charge in [0, 0.05) is 19.2 Å². The first kappa shape index (κ1) is 13.4. The molecule has 3 nitrogen and oxygen atoms in total. The molecule has 0 aliphatic carbocycles. The van der Waals surface area contributed by atoms with E-state index in [0.717, 1.165) is 19.4 Å². The van der Waals surface area contributed by atoms with E-state index < -0.39 is 12.0 Å². The fourth-order valence-electron chi connectivity index (χ4n) is 2.07. The monoisotopic (exact) mass is 279 g/mol. The number of anilines is 1. The smallest absolute Gasteiger partial charge is 0.356 e. The van der Waals surface area contributed by atoms with Gasteiger partial charge in [0.25, 0.3) is 0 Å². The van der Waals surface area contributed by atoms with Gasteiger partial charge in [0.05, 0.1) is 0 Å². The predicted molar refractivity (Wildman–Crippen MR) is 62.7 cm³/mol. The third kappa shape index (κ3) is 2.85. The Bertz CT molecular complexity index is 436. The van der Waals surface area contributed by atoms with Crippen molar-refractivity contribution in [3.8, 4) is 0 Å². The molecule has 2 heterocycles. The maximum atomic E-state index is 12.6. The van der Waals surface area contributed by atoms with Gasteiger partial charge in [-0.15, -0.1) is 0 Å². The highest BCUT2D eigenvalue weighted by atomic mass is 35.5. The van der Waals surface area contributed by atoms with E-state index in [4.69, 9.17) is 11.6 Å². The zero-order valence-electron chi connectivity index (χ0n) is 9.84. The molecule has 1 atom stereocenters. The van der Waals surface area contributed by atoms with Gasteiger partial charge in [0.1, 0.15) is 11.0 Å². The number of halogens is 4. The molecule has 1 aliphatic rings. The lowest BCUT2D eigenvalue weighted by molar-refractivity contribution is -0.144. The van der Waals surface area contributed by atoms with Crippen LogP contribution in [0, 0.1) is 5.92 Å². The van der Waals surface area contributed by atoms with E-state index in [1.807, 2.05) is 4.90 Å². The average Bonchev–Trinajstić information content (AvgIpc) is 2.75. The Hall–Kier alpha value is -1.04. The van der Waals surface area contributed by atoms with Gasteiger partial charge in [-0.2, -0.15) is 13.2 Å². The van der Waals surface area contributed by atoms with Crippen LogP contribution in [0.25, 0.3) is 0 Å². The molecule has 0 N–H and O–H groups in total. The first-order valence-corrected chi connectivity index (χ1v) is 6.14. The molecule has 1 aromatic heterocycles. The summed E-state index contributed by atoms with van der Waals surface area (Å²) < 4.78 is 37.7. The van der Waals surface area contributed by atoms with Crippen molar-refractivity contribution in [1.82, 2.24) is 9.97 Å². The molecule has 1 saturated heterocycles. The van der Waals surface area contributed by atoms with Gasteiger partial charge in [0.2, 0.25) is 5.82 Å². The van der Waals surface area contributed by atoms with Crippen molar-refractivity contribution in [2.24, 2.45) is 5.92 Å². The van der Waals surface area contributed by atoms with Crippen LogP contribution >= 0.6 is 11.6 Å². The molecule has 1 fully saturated rings. The molecule has 2 rings (SSSR count). The van der Waals surface area contributed by atoms with E-state index in [0.29, 0.717) is 12.5 Å². The number of nitrogens with zero attached hydrogens (tertiary/aromatic N) is 3. The number of aromatic nitrogens is 2. The van der Waals surface area contributed by atoms with Gasteiger partial charge in [-0.1, -0.05) is 24.9 Å². The summed E-state index contributed by atoms with van der Waals surface area (Å²) in [6.07, 6.45) is -2.58. The second-order valence-electron chi connectivity index (χ2n) is 4.38. The molecular formula is C11H13ClF3N3. The molecule has 100 valence electrons. The predicted octanol–water partition coefficient (Wildman–Crippen LogP) is 3.39.